The van der Waals surface area contributed by atoms with Crippen molar-refractivity contribution in [2.45, 2.75) is 18.9 Å². The van der Waals surface area contributed by atoms with Gasteiger partial charge in [-0.25, -0.2) is 0 Å². The number of methoxy groups -OCH3 is 1. The molecule has 1 unspecified atom stereocenters. The van der Waals surface area contributed by atoms with Crippen LogP contribution in [0.25, 0.3) is 0 Å². The number of ether oxygens (including phenoxy) is 1. The molecule has 2 N–H and O–H groups in total. The van der Waals surface area contributed by atoms with Gasteiger partial charge in [-0.2, -0.15) is 0 Å². The highest BCUT2D eigenvalue weighted by molar-refractivity contribution is 9.10. The van der Waals surface area contributed by atoms with Gasteiger partial charge in [-0.1, -0.05) is 40.2 Å². The van der Waals surface area contributed by atoms with E-state index >= 15 is 0 Å². The van der Waals surface area contributed by atoms with Crippen molar-refractivity contribution in [2.75, 3.05) is 7.11 Å². The molecule has 0 saturated carbocycles. The van der Waals surface area contributed by atoms with E-state index in [1.165, 1.54) is 11.1 Å². The van der Waals surface area contributed by atoms with Crippen molar-refractivity contribution in [3.05, 3.63) is 64.1 Å². The molecular weight excluding hydrogens is 302 g/mol. The van der Waals surface area contributed by atoms with Crippen molar-refractivity contribution in [2.24, 2.45) is 5.73 Å². The highest BCUT2D eigenvalue weighted by atomic mass is 79.9. The summed E-state index contributed by atoms with van der Waals surface area (Å²) in [6, 6.07) is 16.5. The number of nitrogens with two attached hydrogens (primary N) is 1. The molecule has 100 valence electrons. The second-order valence-electron chi connectivity index (χ2n) is 4.65. The third-order valence-electron chi connectivity index (χ3n) is 3.04. The molecule has 0 spiro atoms. The van der Waals surface area contributed by atoms with Crippen molar-refractivity contribution in [1.29, 1.82) is 0 Å². The number of hydrogen-bond donors (Lipinski definition) is 1. The van der Waals surface area contributed by atoms with Crippen LogP contribution in [-0.4, -0.2) is 13.2 Å². The van der Waals surface area contributed by atoms with E-state index < -0.39 is 0 Å². The first kappa shape index (κ1) is 14.1. The maximum absolute atomic E-state index is 6.21. The fourth-order valence-electron chi connectivity index (χ4n) is 2.10. The van der Waals surface area contributed by atoms with Gasteiger partial charge in [0.25, 0.3) is 0 Å². The van der Waals surface area contributed by atoms with E-state index in [1.54, 1.807) is 7.11 Å². The highest BCUT2D eigenvalue weighted by Crippen LogP contribution is 2.15. The van der Waals surface area contributed by atoms with Crippen LogP contribution in [0.2, 0.25) is 0 Å². The molecule has 0 bridgehead atoms. The van der Waals surface area contributed by atoms with E-state index in [4.69, 9.17) is 10.5 Å². The molecule has 0 aliphatic carbocycles. The Morgan fingerprint density at radius 2 is 1.74 bits per heavy atom. The van der Waals surface area contributed by atoms with Crippen LogP contribution in [0.15, 0.2) is 53.0 Å². The van der Waals surface area contributed by atoms with Crippen molar-refractivity contribution < 1.29 is 4.74 Å². The lowest BCUT2D eigenvalue weighted by Gasteiger charge is -2.12. The zero-order chi connectivity index (χ0) is 13.7. The second-order valence-corrected chi connectivity index (χ2v) is 5.56. The van der Waals surface area contributed by atoms with Gasteiger partial charge in [0.1, 0.15) is 5.75 Å². The minimum atomic E-state index is 0.127. The molecule has 3 heteroatoms. The summed E-state index contributed by atoms with van der Waals surface area (Å²) in [7, 11) is 1.67. The largest absolute Gasteiger partial charge is 0.497 e. The summed E-state index contributed by atoms with van der Waals surface area (Å²) in [6.45, 7) is 0. The van der Waals surface area contributed by atoms with Gasteiger partial charge in [0.05, 0.1) is 7.11 Å². The predicted molar refractivity (Wildman–Crippen MR) is 82.5 cm³/mol. The first-order valence-corrected chi connectivity index (χ1v) is 7.09. The summed E-state index contributed by atoms with van der Waals surface area (Å²) < 4.78 is 6.25. The lowest BCUT2D eigenvalue weighted by Crippen LogP contribution is -2.25. The lowest BCUT2D eigenvalue weighted by molar-refractivity contribution is 0.414. The summed E-state index contributed by atoms with van der Waals surface area (Å²) in [5.41, 5.74) is 8.71. The van der Waals surface area contributed by atoms with Crippen molar-refractivity contribution in [3.8, 4) is 5.75 Å². The normalized spacial score (nSPS) is 12.2. The number of benzene rings is 2. The van der Waals surface area contributed by atoms with Gasteiger partial charge in [0.15, 0.2) is 0 Å². The average molecular weight is 320 g/mol. The van der Waals surface area contributed by atoms with E-state index in [9.17, 15) is 0 Å². The number of halogens is 1. The Labute approximate surface area is 122 Å². The average Bonchev–Trinajstić information content (AvgIpc) is 2.39. The number of hydrogen-bond acceptors (Lipinski definition) is 2. The van der Waals surface area contributed by atoms with E-state index in [-0.39, 0.29) is 6.04 Å². The van der Waals surface area contributed by atoms with Gasteiger partial charge in [-0.3, -0.25) is 0 Å². The Kier molecular flexibility index (Phi) is 5.00. The van der Waals surface area contributed by atoms with Crippen LogP contribution >= 0.6 is 15.9 Å². The predicted octanol–water partition coefficient (Wildman–Crippen LogP) is 3.57. The van der Waals surface area contributed by atoms with Crippen LogP contribution in [0.4, 0.5) is 0 Å². The molecule has 1 atom stereocenters. The van der Waals surface area contributed by atoms with Crippen LogP contribution in [0, 0.1) is 0 Å². The smallest absolute Gasteiger partial charge is 0.118 e. The minimum Gasteiger partial charge on any atom is -0.497 e. The first-order chi connectivity index (χ1) is 9.17. The summed E-state index contributed by atoms with van der Waals surface area (Å²) in [5.74, 6) is 0.879. The Hall–Kier alpha value is -1.32. The topological polar surface area (TPSA) is 35.2 Å². The highest BCUT2D eigenvalue weighted by Gasteiger charge is 2.06. The maximum Gasteiger partial charge on any atom is 0.118 e. The van der Waals surface area contributed by atoms with E-state index in [1.807, 2.05) is 24.3 Å². The standard InChI is InChI=1S/C16H18BrNO/c1-19-16-7-5-12(6-8-16)10-15(18)11-13-3-2-4-14(17)9-13/h2-9,15H,10-11,18H2,1H3. The third kappa shape index (κ3) is 4.37. The molecule has 0 aromatic heterocycles. The van der Waals surface area contributed by atoms with Gasteiger partial charge in [-0.15, -0.1) is 0 Å². The Balaban J connectivity index is 1.95. The Bertz CT molecular complexity index is 525. The van der Waals surface area contributed by atoms with E-state index in [0.717, 1.165) is 23.1 Å². The quantitative estimate of drug-likeness (QED) is 0.914. The van der Waals surface area contributed by atoms with Gasteiger partial charge >= 0.3 is 0 Å². The second kappa shape index (κ2) is 6.73. The molecule has 2 rings (SSSR count). The zero-order valence-electron chi connectivity index (χ0n) is 11.0. The summed E-state index contributed by atoms with van der Waals surface area (Å²) in [6.07, 6.45) is 1.75. The first-order valence-electron chi connectivity index (χ1n) is 6.30. The van der Waals surface area contributed by atoms with Crippen molar-refractivity contribution in [3.63, 3.8) is 0 Å². The summed E-state index contributed by atoms with van der Waals surface area (Å²) in [5, 5.41) is 0. The maximum atomic E-state index is 6.21. The molecule has 0 radical (unpaired) electrons. The van der Waals surface area contributed by atoms with Crippen molar-refractivity contribution in [1.82, 2.24) is 0 Å². The lowest BCUT2D eigenvalue weighted by atomic mass is 10.00. The molecule has 2 aromatic rings. The molecule has 19 heavy (non-hydrogen) atoms. The van der Waals surface area contributed by atoms with Gasteiger partial charge < -0.3 is 10.5 Å². The minimum absolute atomic E-state index is 0.127. The molecule has 0 aliphatic rings. The molecule has 2 nitrogen and oxygen atoms in total. The zero-order valence-corrected chi connectivity index (χ0v) is 12.6. The summed E-state index contributed by atoms with van der Waals surface area (Å²) >= 11 is 3.48. The fourth-order valence-corrected chi connectivity index (χ4v) is 2.55. The molecule has 0 aliphatic heterocycles. The van der Waals surface area contributed by atoms with Crippen LogP contribution in [0.3, 0.4) is 0 Å². The molecule has 2 aromatic carbocycles. The van der Waals surface area contributed by atoms with Gasteiger partial charge in [-0.05, 0) is 48.2 Å². The number of rotatable bonds is 5. The van der Waals surface area contributed by atoms with Crippen molar-refractivity contribution >= 4 is 15.9 Å². The Morgan fingerprint density at radius 1 is 1.05 bits per heavy atom. The Morgan fingerprint density at radius 3 is 2.37 bits per heavy atom. The van der Waals surface area contributed by atoms with Crippen LogP contribution < -0.4 is 10.5 Å². The van der Waals surface area contributed by atoms with E-state index in [0.29, 0.717) is 0 Å². The monoisotopic (exact) mass is 319 g/mol. The SMILES string of the molecule is COc1ccc(CC(N)Cc2cccc(Br)c2)cc1. The van der Waals surface area contributed by atoms with Gasteiger partial charge in [0.2, 0.25) is 0 Å². The van der Waals surface area contributed by atoms with Crippen LogP contribution in [0.5, 0.6) is 5.75 Å². The summed E-state index contributed by atoms with van der Waals surface area (Å²) in [4.78, 5) is 0. The van der Waals surface area contributed by atoms with Gasteiger partial charge in [0, 0.05) is 10.5 Å². The van der Waals surface area contributed by atoms with Crippen LogP contribution in [-0.2, 0) is 12.8 Å². The molecule has 0 amide bonds. The molecule has 0 saturated heterocycles. The molecule has 0 fully saturated rings. The van der Waals surface area contributed by atoms with E-state index in [2.05, 4.69) is 40.2 Å². The fraction of sp³-hybridized carbons (Fsp3) is 0.250. The molecular formula is C16H18BrNO. The third-order valence-corrected chi connectivity index (χ3v) is 3.54. The van der Waals surface area contributed by atoms with Crippen LogP contribution in [0.1, 0.15) is 11.1 Å². The molecule has 0 heterocycles.